The first-order chi connectivity index (χ1) is 5.20. The molecule has 0 radical (unpaired) electrons. The maximum atomic E-state index is 10.4. The maximum Gasteiger partial charge on any atom is 0.304 e. The lowest BCUT2D eigenvalue weighted by Crippen LogP contribution is -2.38. The molecule has 1 aliphatic rings. The van der Waals surface area contributed by atoms with Gasteiger partial charge in [-0.2, -0.15) is 0 Å². The van der Waals surface area contributed by atoms with Crippen LogP contribution < -0.4 is 0 Å². The van der Waals surface area contributed by atoms with Crippen LogP contribution in [0.25, 0.3) is 0 Å². The maximum absolute atomic E-state index is 10.4. The van der Waals surface area contributed by atoms with E-state index in [1.165, 1.54) is 12.8 Å². The fourth-order valence-electron chi connectivity index (χ4n) is 1.60. The third-order valence-electron chi connectivity index (χ3n) is 2.33. The average Bonchev–Trinajstić information content (AvgIpc) is 1.93. The Hall–Kier alpha value is -0.505. The van der Waals surface area contributed by atoms with Crippen LogP contribution in [-0.4, -0.2) is 36.5 Å². The van der Waals surface area contributed by atoms with Gasteiger partial charge >= 0.3 is 5.97 Å². The first kappa shape index (κ1) is 8.59. The van der Waals surface area contributed by atoms with Crippen LogP contribution in [-0.2, 0) is 4.79 Å². The van der Waals surface area contributed by atoms with Crippen molar-refractivity contribution < 1.29 is 9.90 Å². The van der Waals surface area contributed by atoms with Gasteiger partial charge in [0.15, 0.2) is 7.98 Å². The van der Waals surface area contributed by atoms with Gasteiger partial charge < -0.3 is 9.92 Å². The summed E-state index contributed by atoms with van der Waals surface area (Å²) in [5, 5.41) is 8.56. The number of hydrogen-bond donors (Lipinski definition) is 1. The van der Waals surface area contributed by atoms with Crippen LogP contribution in [0.3, 0.4) is 0 Å². The number of aliphatic carboxylic acids is 1. The van der Waals surface area contributed by atoms with Crippen molar-refractivity contribution in [1.29, 1.82) is 0 Å². The van der Waals surface area contributed by atoms with Crippen molar-refractivity contribution in [1.82, 2.24) is 4.81 Å². The highest BCUT2D eigenvalue weighted by Crippen LogP contribution is 2.16. The summed E-state index contributed by atoms with van der Waals surface area (Å²) in [7, 11) is 2.01. The van der Waals surface area contributed by atoms with E-state index in [-0.39, 0.29) is 6.04 Å². The number of carboxylic acids is 1. The molecule has 0 aromatic carbocycles. The van der Waals surface area contributed by atoms with Crippen LogP contribution in [0.4, 0.5) is 0 Å². The van der Waals surface area contributed by atoms with Gasteiger partial charge in [-0.25, -0.2) is 0 Å². The zero-order chi connectivity index (χ0) is 8.27. The second-order valence-electron chi connectivity index (χ2n) is 3.23. The minimum absolute atomic E-state index is 0.279. The molecule has 0 aromatic rings. The molecule has 0 spiro atoms. The van der Waals surface area contributed by atoms with E-state index >= 15 is 0 Å². The standard InChI is InChI=1S/C7H14BNO2/c8-9-4-2-1-3-6(9)5-7(10)11/h6H,1-5,8H2,(H,10,11)/t6-/m0/s1. The summed E-state index contributed by atoms with van der Waals surface area (Å²) in [6.07, 6.45) is 3.74. The molecule has 3 nitrogen and oxygen atoms in total. The SMILES string of the molecule is BN1CCCC[C@H]1CC(=O)O. The molecule has 0 amide bonds. The first-order valence-electron chi connectivity index (χ1n) is 4.12. The molecule has 0 bridgehead atoms. The highest BCUT2D eigenvalue weighted by Gasteiger charge is 2.20. The molecule has 0 aliphatic carbocycles. The fourth-order valence-corrected chi connectivity index (χ4v) is 1.60. The van der Waals surface area contributed by atoms with Crippen LogP contribution in [0.5, 0.6) is 0 Å². The molecule has 0 saturated carbocycles. The van der Waals surface area contributed by atoms with E-state index in [0.29, 0.717) is 6.42 Å². The minimum atomic E-state index is -0.677. The van der Waals surface area contributed by atoms with E-state index in [4.69, 9.17) is 5.11 Å². The number of piperidine rings is 1. The Morgan fingerprint density at radius 1 is 1.64 bits per heavy atom. The zero-order valence-electron chi connectivity index (χ0n) is 6.92. The molecule has 1 rings (SSSR count). The average molecular weight is 155 g/mol. The molecule has 4 heteroatoms. The van der Waals surface area contributed by atoms with Crippen molar-refractivity contribution in [2.45, 2.75) is 31.7 Å². The predicted octanol–water partition coefficient (Wildman–Crippen LogP) is -0.136. The van der Waals surface area contributed by atoms with E-state index < -0.39 is 5.97 Å². The van der Waals surface area contributed by atoms with E-state index in [1.54, 1.807) is 0 Å². The van der Waals surface area contributed by atoms with Crippen LogP contribution in [0, 0.1) is 0 Å². The van der Waals surface area contributed by atoms with E-state index in [2.05, 4.69) is 4.81 Å². The van der Waals surface area contributed by atoms with Gasteiger partial charge in [0.2, 0.25) is 0 Å². The minimum Gasteiger partial charge on any atom is -0.481 e. The molecule has 0 unspecified atom stereocenters. The van der Waals surface area contributed by atoms with Gasteiger partial charge in [-0.1, -0.05) is 6.42 Å². The van der Waals surface area contributed by atoms with Crippen LogP contribution in [0.1, 0.15) is 25.7 Å². The highest BCUT2D eigenvalue weighted by atomic mass is 16.4. The molecule has 62 valence electrons. The second-order valence-corrected chi connectivity index (χ2v) is 3.23. The molecular formula is C7H14BNO2. The summed E-state index contributed by atoms with van der Waals surface area (Å²) in [6.45, 7) is 1.05. The van der Waals surface area contributed by atoms with Crippen molar-refractivity contribution >= 4 is 14.0 Å². The Morgan fingerprint density at radius 3 is 2.91 bits per heavy atom. The smallest absolute Gasteiger partial charge is 0.304 e. The summed E-state index contributed by atoms with van der Waals surface area (Å²) in [5.74, 6) is -0.677. The third-order valence-corrected chi connectivity index (χ3v) is 2.33. The van der Waals surface area contributed by atoms with Crippen LogP contribution >= 0.6 is 0 Å². The lowest BCUT2D eigenvalue weighted by molar-refractivity contribution is -0.138. The zero-order valence-corrected chi connectivity index (χ0v) is 6.92. The van der Waals surface area contributed by atoms with Gasteiger partial charge in [0.25, 0.3) is 0 Å². The first-order valence-corrected chi connectivity index (χ1v) is 4.12. The molecule has 1 atom stereocenters. The van der Waals surface area contributed by atoms with Crippen molar-refractivity contribution in [2.24, 2.45) is 0 Å². The summed E-state index contributed by atoms with van der Waals surface area (Å²) >= 11 is 0. The highest BCUT2D eigenvalue weighted by molar-refractivity contribution is 6.04. The normalized spacial score (nSPS) is 26.7. The van der Waals surface area contributed by atoms with E-state index in [9.17, 15) is 4.79 Å². The van der Waals surface area contributed by atoms with E-state index in [1.807, 2.05) is 7.98 Å². The molecule has 1 aliphatic heterocycles. The lowest BCUT2D eigenvalue weighted by atomic mass is 9.96. The summed E-state index contributed by atoms with van der Waals surface area (Å²) in [5.41, 5.74) is 0. The van der Waals surface area contributed by atoms with Gasteiger partial charge in [-0.15, -0.1) is 0 Å². The number of carboxylic acid groups (broad SMARTS) is 1. The van der Waals surface area contributed by atoms with Crippen LogP contribution in [0.2, 0.25) is 0 Å². The van der Waals surface area contributed by atoms with Crippen LogP contribution in [0.15, 0.2) is 0 Å². The van der Waals surface area contributed by atoms with Gasteiger partial charge in [-0.3, -0.25) is 4.79 Å². The Labute approximate surface area is 67.8 Å². The van der Waals surface area contributed by atoms with Crippen molar-refractivity contribution in [3.05, 3.63) is 0 Å². The molecular weight excluding hydrogens is 141 g/mol. The monoisotopic (exact) mass is 155 g/mol. The molecule has 1 fully saturated rings. The van der Waals surface area contributed by atoms with Crippen molar-refractivity contribution in [2.75, 3.05) is 6.54 Å². The predicted molar refractivity (Wildman–Crippen MR) is 45.1 cm³/mol. The Bertz CT molecular complexity index is 151. The summed E-state index contributed by atoms with van der Waals surface area (Å²) in [6, 6.07) is 0.279. The molecule has 1 saturated heterocycles. The Kier molecular flexibility index (Phi) is 2.94. The number of rotatable bonds is 2. The van der Waals surface area contributed by atoms with Crippen molar-refractivity contribution in [3.8, 4) is 0 Å². The topological polar surface area (TPSA) is 40.5 Å². The second kappa shape index (κ2) is 3.76. The number of hydrogen-bond acceptors (Lipinski definition) is 2. The lowest BCUT2D eigenvalue weighted by Gasteiger charge is -2.31. The largest absolute Gasteiger partial charge is 0.481 e. The summed E-state index contributed by atoms with van der Waals surface area (Å²) < 4.78 is 0. The number of carbonyl (C=O) groups is 1. The molecule has 1 heterocycles. The quantitative estimate of drug-likeness (QED) is 0.564. The van der Waals surface area contributed by atoms with Crippen molar-refractivity contribution in [3.63, 3.8) is 0 Å². The molecule has 0 aromatic heterocycles. The van der Waals surface area contributed by atoms with E-state index in [0.717, 1.165) is 13.0 Å². The molecule has 11 heavy (non-hydrogen) atoms. The summed E-state index contributed by atoms with van der Waals surface area (Å²) in [4.78, 5) is 12.5. The third kappa shape index (κ3) is 2.54. The number of nitrogens with zero attached hydrogens (tertiary/aromatic N) is 1. The van der Waals surface area contributed by atoms with Gasteiger partial charge in [-0.05, 0) is 19.4 Å². The fraction of sp³-hybridized carbons (Fsp3) is 0.857. The Balaban J connectivity index is 2.35. The Morgan fingerprint density at radius 2 is 2.36 bits per heavy atom. The van der Waals surface area contributed by atoms with Gasteiger partial charge in [0.1, 0.15) is 0 Å². The van der Waals surface area contributed by atoms with Gasteiger partial charge in [0.05, 0.1) is 6.42 Å². The van der Waals surface area contributed by atoms with Gasteiger partial charge in [0, 0.05) is 6.04 Å². The molecule has 1 N–H and O–H groups in total.